The molecule has 0 saturated carbocycles. The monoisotopic (exact) mass is 790 g/mol. The van der Waals surface area contributed by atoms with E-state index in [9.17, 15) is 19.2 Å². The number of nitrogens with one attached hydrogen (secondary N) is 4. The fourth-order valence-corrected chi connectivity index (χ4v) is 3.24. The van der Waals surface area contributed by atoms with Gasteiger partial charge >= 0.3 is 66.0 Å². The van der Waals surface area contributed by atoms with Gasteiger partial charge < -0.3 is 43.4 Å². The zero-order valence-corrected chi connectivity index (χ0v) is 33.0. The van der Waals surface area contributed by atoms with Gasteiger partial charge in [0.05, 0.1) is 0 Å². The summed E-state index contributed by atoms with van der Waals surface area (Å²) >= 11 is 2.12. The Hall–Kier alpha value is -2.43. The summed E-state index contributed by atoms with van der Waals surface area (Å²) in [5, 5.41) is 34.6. The van der Waals surface area contributed by atoms with E-state index in [1.807, 2.05) is 0 Å². The van der Waals surface area contributed by atoms with Crippen molar-refractivity contribution in [2.45, 2.75) is 130 Å². The fourth-order valence-electron chi connectivity index (χ4n) is 3.24. The number of carboxylic acid groups (broad SMARTS) is 4. The SMILES string of the molecule is CCCCCC[NH-].CCCCCC[NH-].CCCCCC[NH-].CCCCCC[NH-].O=C(O)c1nc(C(=O)O)c(C(=O)O)nc1C(=O)O.[O]=[V+2].[O]=[V+2]. The molecule has 0 unspecified atom stereocenters. The average molecular weight is 791 g/mol. The van der Waals surface area contributed by atoms with Crippen LogP contribution in [0.4, 0.5) is 0 Å². The number of rotatable bonds is 20. The van der Waals surface area contributed by atoms with Crippen LogP contribution in [-0.4, -0.2) is 80.5 Å². The van der Waals surface area contributed by atoms with Crippen molar-refractivity contribution in [3.63, 3.8) is 0 Å². The topological polar surface area (TPSA) is 304 Å². The van der Waals surface area contributed by atoms with Gasteiger partial charge in [0.1, 0.15) is 0 Å². The molecule has 1 heterocycles. The average Bonchev–Trinajstić information content (AvgIpc) is 3.11. The number of hydrogen-bond acceptors (Lipinski definition) is 8. The second kappa shape index (κ2) is 50.9. The van der Waals surface area contributed by atoms with Crippen LogP contribution in [0, 0.1) is 0 Å². The molecule has 1 aromatic rings. The molecule has 18 heteroatoms. The van der Waals surface area contributed by atoms with Crippen LogP contribution in [0.1, 0.15) is 172 Å². The van der Waals surface area contributed by atoms with Crippen LogP contribution in [0.25, 0.3) is 22.9 Å². The third kappa shape index (κ3) is 43.6. The molecule has 0 aliphatic rings. The van der Waals surface area contributed by atoms with E-state index in [-0.39, 0.29) is 0 Å². The first kappa shape index (κ1) is 59.7. The van der Waals surface area contributed by atoms with Crippen molar-refractivity contribution in [3.8, 4) is 0 Å². The quantitative estimate of drug-likeness (QED) is 0.0897. The van der Waals surface area contributed by atoms with Gasteiger partial charge in [-0.05, 0) is 0 Å². The van der Waals surface area contributed by atoms with Crippen LogP contribution in [-0.2, 0) is 42.1 Å². The molecule has 0 aliphatic carbocycles. The molecule has 1 aromatic heterocycles. The van der Waals surface area contributed by atoms with Crippen molar-refractivity contribution < 1.29 is 81.7 Å². The molecule has 0 aromatic carbocycles. The summed E-state index contributed by atoms with van der Waals surface area (Å²) in [5.41, 5.74) is 22.5. The molecule has 0 spiro atoms. The van der Waals surface area contributed by atoms with Gasteiger partial charge in [-0.15, -0.1) is 0 Å². The Balaban J connectivity index is -0.000000128. The van der Waals surface area contributed by atoms with Gasteiger partial charge in [0.2, 0.25) is 0 Å². The van der Waals surface area contributed by atoms with Crippen molar-refractivity contribution >= 4 is 23.9 Å². The van der Waals surface area contributed by atoms with Gasteiger partial charge in [0, 0.05) is 0 Å². The van der Waals surface area contributed by atoms with E-state index in [1.54, 1.807) is 0 Å². The number of carbonyl (C=O) groups is 4. The van der Waals surface area contributed by atoms with E-state index in [0.717, 1.165) is 60.4 Å². The summed E-state index contributed by atoms with van der Waals surface area (Å²) in [7, 11) is 0. The molecule has 0 atom stereocenters. The molecule has 0 fully saturated rings. The summed E-state index contributed by atoms with van der Waals surface area (Å²) in [6.07, 6.45) is 19.7. The van der Waals surface area contributed by atoms with Crippen molar-refractivity contribution in [2.75, 3.05) is 26.2 Å². The molecular formula is C32H60N6O10V2. The van der Waals surface area contributed by atoms with Crippen LogP contribution in [0.15, 0.2) is 0 Å². The standard InChI is InChI=1S/C8H4N2O8.4C6H14N.2O.2V/c11-5(12)1-2(6(13)14)10-4(8(17)18)3(9-1)7(15)16;4*1-2-3-4-5-6-7;;;;/h(H,11,12)(H,13,14)(H,15,16)(H,17,18);4*7H,2-6H2,1H3;;;;/q;4*-1;;;2*+2. The van der Waals surface area contributed by atoms with E-state index in [0.29, 0.717) is 26.2 Å². The third-order valence-electron chi connectivity index (χ3n) is 5.83. The predicted octanol–water partition coefficient (Wildman–Crippen LogP) is 9.50. The molecular weight excluding hydrogens is 730 g/mol. The van der Waals surface area contributed by atoms with Gasteiger partial charge in [0.15, 0.2) is 22.8 Å². The van der Waals surface area contributed by atoms with E-state index >= 15 is 0 Å². The van der Waals surface area contributed by atoms with Crippen LogP contribution < -0.4 is 0 Å². The van der Waals surface area contributed by atoms with Crippen molar-refractivity contribution in [3.05, 3.63) is 45.7 Å². The second-order valence-electron chi connectivity index (χ2n) is 10.1. The summed E-state index contributed by atoms with van der Waals surface area (Å²) in [4.78, 5) is 48.7. The molecule has 8 N–H and O–H groups in total. The third-order valence-corrected chi connectivity index (χ3v) is 5.83. The van der Waals surface area contributed by atoms with Crippen LogP contribution >= 0.6 is 0 Å². The zero-order chi connectivity index (χ0) is 40.2. The zero-order valence-electron chi connectivity index (χ0n) is 30.2. The second-order valence-corrected chi connectivity index (χ2v) is 10.1. The summed E-state index contributed by atoms with van der Waals surface area (Å²) in [6.45, 7) is 11.2. The maximum absolute atomic E-state index is 10.7. The van der Waals surface area contributed by atoms with Gasteiger partial charge in [-0.2, -0.15) is 26.2 Å². The molecule has 0 radical (unpaired) electrons. The van der Waals surface area contributed by atoms with Crippen molar-refractivity contribution in [1.82, 2.24) is 9.97 Å². The number of hydrogen-bond donors (Lipinski definition) is 4. The minimum atomic E-state index is -1.83. The Morgan fingerprint density at radius 2 is 0.560 bits per heavy atom. The van der Waals surface area contributed by atoms with E-state index in [1.165, 1.54) is 77.0 Å². The molecule has 50 heavy (non-hydrogen) atoms. The molecule has 288 valence electrons. The molecule has 0 bridgehead atoms. The van der Waals surface area contributed by atoms with Crippen LogP contribution in [0.5, 0.6) is 0 Å². The Labute approximate surface area is 316 Å². The molecule has 16 nitrogen and oxygen atoms in total. The van der Waals surface area contributed by atoms with E-state index < -0.39 is 46.7 Å². The number of nitrogens with zero attached hydrogens (tertiary/aromatic N) is 2. The molecule has 1 rings (SSSR count). The first-order valence-electron chi connectivity index (χ1n) is 16.7. The van der Waals surface area contributed by atoms with Gasteiger partial charge in [-0.3, -0.25) is 0 Å². The first-order valence-corrected chi connectivity index (χ1v) is 17.9. The number of carboxylic acids is 4. The summed E-state index contributed by atoms with van der Waals surface area (Å²) in [6, 6.07) is 0. The first-order chi connectivity index (χ1) is 23.9. The van der Waals surface area contributed by atoms with Crippen molar-refractivity contribution in [2.24, 2.45) is 0 Å². The Morgan fingerprint density at radius 1 is 0.400 bits per heavy atom. The number of aromatic carboxylic acids is 4. The summed E-state index contributed by atoms with van der Waals surface area (Å²) < 4.78 is 16.4. The van der Waals surface area contributed by atoms with Gasteiger partial charge in [0.25, 0.3) is 0 Å². The normalized spacial score (nSPS) is 9.04. The Bertz CT molecular complexity index is 795. The number of unbranched alkanes of at least 4 members (excludes halogenated alkanes) is 12. The summed E-state index contributed by atoms with van der Waals surface area (Å²) in [5.74, 6) is -7.34. The number of aromatic nitrogens is 2. The van der Waals surface area contributed by atoms with Crippen molar-refractivity contribution in [1.29, 1.82) is 0 Å². The maximum atomic E-state index is 10.7. The Kier molecular flexibility index (Phi) is 60.8. The van der Waals surface area contributed by atoms with Crippen LogP contribution in [0.2, 0.25) is 0 Å². The van der Waals surface area contributed by atoms with Gasteiger partial charge in [-0.25, -0.2) is 29.1 Å². The molecule has 0 aliphatic heterocycles. The van der Waals surface area contributed by atoms with Crippen LogP contribution in [0.3, 0.4) is 0 Å². The van der Waals surface area contributed by atoms with Gasteiger partial charge in [-0.1, -0.05) is 130 Å². The van der Waals surface area contributed by atoms with E-state index in [4.69, 9.17) is 50.7 Å². The van der Waals surface area contributed by atoms with E-state index in [2.05, 4.69) is 37.7 Å². The fraction of sp³-hybridized carbons (Fsp3) is 0.750. The minimum absolute atomic E-state index is 0.611. The molecule has 0 amide bonds. The molecule has 0 saturated heterocycles. The predicted molar refractivity (Wildman–Crippen MR) is 185 cm³/mol. The Morgan fingerprint density at radius 3 is 0.660 bits per heavy atom.